The Labute approximate surface area is 192 Å². The summed E-state index contributed by atoms with van der Waals surface area (Å²) < 4.78 is 5.49. The lowest BCUT2D eigenvalue weighted by Gasteiger charge is -2.24. The van der Waals surface area contributed by atoms with E-state index in [4.69, 9.17) is 9.84 Å². The summed E-state index contributed by atoms with van der Waals surface area (Å²) in [5.74, 6) is -2.20. The van der Waals surface area contributed by atoms with Crippen LogP contribution in [0.5, 0.6) is 0 Å². The fourth-order valence-electron chi connectivity index (χ4n) is 3.80. The van der Waals surface area contributed by atoms with Crippen LogP contribution in [0.25, 0.3) is 11.1 Å². The lowest BCUT2D eigenvalue weighted by atomic mass is 9.98. The van der Waals surface area contributed by atoms with E-state index in [1.807, 2.05) is 48.5 Å². The highest BCUT2D eigenvalue weighted by Gasteiger charge is 2.33. The molecule has 0 spiro atoms. The number of fused-ring (bicyclic) bond motifs is 3. The summed E-state index contributed by atoms with van der Waals surface area (Å²) in [6.07, 6.45) is -0.760. The Balaban J connectivity index is 1.64. The van der Waals surface area contributed by atoms with Crippen molar-refractivity contribution in [3.63, 3.8) is 0 Å². The molecule has 4 N–H and O–H groups in total. The Kier molecular flexibility index (Phi) is 7.35. The number of carbonyl (C=O) groups is 3. The van der Waals surface area contributed by atoms with Crippen LogP contribution in [0.15, 0.2) is 48.5 Å². The van der Waals surface area contributed by atoms with Gasteiger partial charge in [-0.1, -0.05) is 48.5 Å². The van der Waals surface area contributed by atoms with Crippen LogP contribution < -0.4 is 10.6 Å². The van der Waals surface area contributed by atoms with Gasteiger partial charge in [0.1, 0.15) is 12.6 Å². The van der Waals surface area contributed by atoms with Gasteiger partial charge in [-0.2, -0.15) is 0 Å². The molecule has 0 aromatic heterocycles. The van der Waals surface area contributed by atoms with Crippen molar-refractivity contribution < 1.29 is 29.3 Å². The van der Waals surface area contributed by atoms with Gasteiger partial charge in [0.25, 0.3) is 0 Å². The molecule has 9 nitrogen and oxygen atoms in total. The van der Waals surface area contributed by atoms with Crippen LogP contribution in [-0.4, -0.2) is 78.5 Å². The number of carboxylic acids is 1. The highest BCUT2D eigenvalue weighted by atomic mass is 16.5. The number of nitrogens with one attached hydrogen (secondary N) is 2. The molecule has 3 rings (SSSR count). The monoisotopic (exact) mass is 455 g/mol. The first-order chi connectivity index (χ1) is 15.6. The summed E-state index contributed by atoms with van der Waals surface area (Å²) in [7, 11) is 3.46. The zero-order valence-electron chi connectivity index (χ0n) is 18.9. The maximum absolute atomic E-state index is 12.6. The quantitative estimate of drug-likeness (QED) is 0.450. The Hall–Kier alpha value is -3.43. The minimum absolute atomic E-state index is 0.101. The van der Waals surface area contributed by atoms with Gasteiger partial charge in [0.2, 0.25) is 5.91 Å². The maximum atomic E-state index is 12.6. The summed E-state index contributed by atoms with van der Waals surface area (Å²) in [5, 5.41) is 23.7. The average molecular weight is 456 g/mol. The van der Waals surface area contributed by atoms with Gasteiger partial charge >= 0.3 is 12.1 Å². The van der Waals surface area contributed by atoms with E-state index in [1.54, 1.807) is 19.0 Å². The van der Waals surface area contributed by atoms with E-state index in [2.05, 4.69) is 10.6 Å². The van der Waals surface area contributed by atoms with Gasteiger partial charge in [-0.05, 0) is 43.3 Å². The van der Waals surface area contributed by atoms with E-state index in [-0.39, 0.29) is 19.1 Å². The predicted octanol–water partition coefficient (Wildman–Crippen LogP) is 1.41. The number of hydrogen-bond acceptors (Lipinski definition) is 6. The smallest absolute Gasteiger partial charge is 0.407 e. The number of rotatable bonds is 9. The molecule has 0 bridgehead atoms. The molecule has 0 saturated heterocycles. The van der Waals surface area contributed by atoms with Gasteiger partial charge in [0.05, 0.1) is 6.54 Å². The molecule has 2 aromatic rings. The van der Waals surface area contributed by atoms with Crippen molar-refractivity contribution in [2.45, 2.75) is 24.5 Å². The van der Waals surface area contributed by atoms with Gasteiger partial charge in [-0.25, -0.2) is 9.59 Å². The summed E-state index contributed by atoms with van der Waals surface area (Å²) in [6, 6.07) is 14.9. The first kappa shape index (κ1) is 24.2. The molecule has 2 aromatic carbocycles. The van der Waals surface area contributed by atoms with Gasteiger partial charge in [-0.3, -0.25) is 4.79 Å². The van der Waals surface area contributed by atoms with Crippen molar-refractivity contribution >= 4 is 18.0 Å². The van der Waals surface area contributed by atoms with Crippen LogP contribution in [0.2, 0.25) is 0 Å². The number of carboxylic acid groups (broad SMARTS) is 1. The van der Waals surface area contributed by atoms with E-state index in [0.29, 0.717) is 0 Å². The standard InChI is InChI=1S/C24H29N3O6/c1-24(32,22(29)30)14-25-21(28)20(12-27(2)3)26-23(31)33-13-19-17-10-6-4-8-15(17)16-9-5-7-11-18(16)19/h4-11,19-20,32H,12-14H2,1-3H3,(H,25,28)(H,26,31)(H,29,30). The lowest BCUT2D eigenvalue weighted by Crippen LogP contribution is -2.55. The SMILES string of the molecule is CN(C)CC(NC(=O)OCC1c2ccccc2-c2ccccc21)C(=O)NCC(C)(O)C(=O)O. The number of aliphatic carboxylic acids is 1. The van der Waals surface area contributed by atoms with Crippen molar-refractivity contribution in [1.82, 2.24) is 15.5 Å². The van der Waals surface area contributed by atoms with Crippen molar-refractivity contribution in [2.24, 2.45) is 0 Å². The van der Waals surface area contributed by atoms with Crippen LogP contribution in [0.3, 0.4) is 0 Å². The molecule has 176 valence electrons. The van der Waals surface area contributed by atoms with Crippen LogP contribution in [0, 0.1) is 0 Å². The van der Waals surface area contributed by atoms with Crippen molar-refractivity contribution in [2.75, 3.05) is 33.8 Å². The summed E-state index contributed by atoms with van der Waals surface area (Å²) in [4.78, 5) is 37.9. The molecule has 0 fully saturated rings. The molecule has 2 amide bonds. The molecule has 33 heavy (non-hydrogen) atoms. The van der Waals surface area contributed by atoms with Crippen LogP contribution in [0.1, 0.15) is 24.0 Å². The van der Waals surface area contributed by atoms with E-state index < -0.39 is 36.2 Å². The normalized spacial score (nSPS) is 15.2. The molecule has 0 aliphatic heterocycles. The zero-order valence-corrected chi connectivity index (χ0v) is 18.9. The summed E-state index contributed by atoms with van der Waals surface area (Å²) in [5.41, 5.74) is 2.24. The van der Waals surface area contributed by atoms with Crippen LogP contribution in [0.4, 0.5) is 4.79 Å². The Bertz CT molecular complexity index is 991. The van der Waals surface area contributed by atoms with Crippen molar-refractivity contribution in [3.8, 4) is 11.1 Å². The topological polar surface area (TPSA) is 128 Å². The largest absolute Gasteiger partial charge is 0.479 e. The molecule has 2 unspecified atom stereocenters. The number of carbonyl (C=O) groups excluding carboxylic acids is 2. The first-order valence-electron chi connectivity index (χ1n) is 10.6. The van der Waals surface area contributed by atoms with E-state index in [9.17, 15) is 19.5 Å². The number of likely N-dealkylation sites (N-methyl/N-ethyl adjacent to an activating group) is 1. The molecular weight excluding hydrogens is 426 g/mol. The number of hydrogen-bond donors (Lipinski definition) is 4. The van der Waals surface area contributed by atoms with E-state index >= 15 is 0 Å². The Morgan fingerprint density at radius 1 is 1.06 bits per heavy atom. The fraction of sp³-hybridized carbons (Fsp3) is 0.375. The highest BCUT2D eigenvalue weighted by molar-refractivity contribution is 5.87. The van der Waals surface area contributed by atoms with Gasteiger partial charge in [0.15, 0.2) is 5.60 Å². The predicted molar refractivity (Wildman–Crippen MR) is 122 cm³/mol. The Morgan fingerprint density at radius 2 is 1.61 bits per heavy atom. The minimum atomic E-state index is -2.12. The summed E-state index contributed by atoms with van der Waals surface area (Å²) >= 11 is 0. The number of ether oxygens (including phenoxy) is 1. The molecule has 2 atom stereocenters. The van der Waals surface area contributed by atoms with Crippen LogP contribution >= 0.6 is 0 Å². The third-order valence-corrected chi connectivity index (χ3v) is 5.57. The molecule has 1 aliphatic carbocycles. The highest BCUT2D eigenvalue weighted by Crippen LogP contribution is 2.44. The van der Waals surface area contributed by atoms with Gasteiger partial charge in [-0.15, -0.1) is 0 Å². The minimum Gasteiger partial charge on any atom is -0.479 e. The second kappa shape index (κ2) is 10.0. The van der Waals surface area contributed by atoms with Crippen LogP contribution in [-0.2, 0) is 14.3 Å². The molecular formula is C24H29N3O6. The zero-order chi connectivity index (χ0) is 24.2. The number of amides is 2. The van der Waals surface area contributed by atoms with E-state index in [0.717, 1.165) is 29.2 Å². The first-order valence-corrected chi connectivity index (χ1v) is 10.6. The maximum Gasteiger partial charge on any atom is 0.407 e. The average Bonchev–Trinajstić information content (AvgIpc) is 3.09. The molecule has 0 heterocycles. The number of nitrogens with zero attached hydrogens (tertiary/aromatic N) is 1. The van der Waals surface area contributed by atoms with Crippen molar-refractivity contribution in [1.29, 1.82) is 0 Å². The molecule has 0 saturated carbocycles. The number of aliphatic hydroxyl groups is 1. The molecule has 1 aliphatic rings. The van der Waals surface area contributed by atoms with Crippen molar-refractivity contribution in [3.05, 3.63) is 59.7 Å². The lowest BCUT2D eigenvalue weighted by molar-refractivity contribution is -0.156. The van der Waals surface area contributed by atoms with Gasteiger partial charge in [0, 0.05) is 12.5 Å². The second-order valence-corrected chi connectivity index (χ2v) is 8.58. The summed E-state index contributed by atoms with van der Waals surface area (Å²) in [6.45, 7) is 0.835. The van der Waals surface area contributed by atoms with Gasteiger partial charge < -0.3 is 30.5 Å². The number of alkyl carbamates (subject to hydrolysis) is 1. The Morgan fingerprint density at radius 3 is 2.12 bits per heavy atom. The third kappa shape index (κ3) is 5.68. The number of benzene rings is 2. The molecule has 9 heteroatoms. The third-order valence-electron chi connectivity index (χ3n) is 5.57. The molecule has 0 radical (unpaired) electrons. The second-order valence-electron chi connectivity index (χ2n) is 8.58. The van der Waals surface area contributed by atoms with E-state index in [1.165, 1.54) is 0 Å². The fourth-order valence-corrected chi connectivity index (χ4v) is 3.80.